The van der Waals surface area contributed by atoms with E-state index in [-0.39, 0.29) is 13.8 Å². The highest BCUT2D eigenvalue weighted by Crippen LogP contribution is 2.52. The summed E-state index contributed by atoms with van der Waals surface area (Å²) in [6.07, 6.45) is -17.9. The van der Waals surface area contributed by atoms with E-state index >= 15 is 0 Å². The first-order valence-electron chi connectivity index (χ1n) is 4.14. The van der Waals surface area contributed by atoms with Crippen LogP contribution in [-0.4, -0.2) is 18.5 Å². The van der Waals surface area contributed by atoms with Crippen LogP contribution in [-0.2, 0) is 0 Å². The minimum atomic E-state index is -6.15. The highest BCUT2D eigenvalue weighted by molar-refractivity contribution is 5.26. The molecule has 0 aromatic heterocycles. The van der Waals surface area contributed by atoms with Crippen LogP contribution in [0.15, 0.2) is 11.4 Å². The van der Waals surface area contributed by atoms with Gasteiger partial charge in [0.05, 0.1) is 11.0 Å². The number of hydrogen-bond acceptors (Lipinski definition) is 0. The molecule has 18 heavy (non-hydrogen) atoms. The number of allylic oxidation sites excluding steroid dienone is 2. The predicted molar refractivity (Wildman–Crippen MR) is 40.1 cm³/mol. The second kappa shape index (κ2) is 4.30. The van der Waals surface area contributed by atoms with Crippen LogP contribution in [0.2, 0.25) is 0 Å². The summed E-state index contributed by atoms with van der Waals surface area (Å²) in [6.45, 7) is -0.359. The summed E-state index contributed by atoms with van der Waals surface area (Å²) in [6, 6.07) is 0. The maximum atomic E-state index is 12.6. The third kappa shape index (κ3) is 3.29. The number of alkyl halides is 9. The van der Waals surface area contributed by atoms with Gasteiger partial charge >= 0.3 is 18.5 Å². The van der Waals surface area contributed by atoms with Gasteiger partial charge in [-0.05, 0) is 13.8 Å². The van der Waals surface area contributed by atoms with Crippen LogP contribution in [0.4, 0.5) is 43.9 Å². The van der Waals surface area contributed by atoms with Gasteiger partial charge in [-0.25, -0.2) is 4.39 Å². The summed E-state index contributed by atoms with van der Waals surface area (Å²) in [4.78, 5) is 0. The van der Waals surface area contributed by atoms with Gasteiger partial charge in [-0.15, -0.1) is 0 Å². The number of rotatable bonds is 1. The van der Waals surface area contributed by atoms with Crippen molar-refractivity contribution in [2.75, 3.05) is 0 Å². The van der Waals surface area contributed by atoms with E-state index in [9.17, 15) is 43.9 Å². The Morgan fingerprint density at radius 3 is 1.17 bits per heavy atom. The topological polar surface area (TPSA) is 0 Å². The van der Waals surface area contributed by atoms with Gasteiger partial charge in [-0.3, -0.25) is 0 Å². The Balaban J connectivity index is 6.18. The molecule has 0 aliphatic heterocycles. The lowest BCUT2D eigenvalue weighted by Gasteiger charge is -2.32. The summed E-state index contributed by atoms with van der Waals surface area (Å²) >= 11 is 0. The quantitative estimate of drug-likeness (QED) is 0.601. The fourth-order valence-corrected chi connectivity index (χ4v) is 1.04. The van der Waals surface area contributed by atoms with E-state index in [0.29, 0.717) is 0 Å². The van der Waals surface area contributed by atoms with Crippen molar-refractivity contribution in [3.63, 3.8) is 0 Å². The molecule has 108 valence electrons. The lowest BCUT2D eigenvalue weighted by atomic mass is 9.82. The molecule has 0 fully saturated rings. The molecular formula is C8H6F10. The number of halogens is 10. The van der Waals surface area contributed by atoms with E-state index in [4.69, 9.17) is 0 Å². The minimum absolute atomic E-state index is 0.179. The van der Waals surface area contributed by atoms with Gasteiger partial charge in [-0.2, -0.15) is 39.5 Å². The SMILES string of the molecule is CC(C)(/C(=C(\F)C(F)(F)F)C(F)(F)F)C(F)(F)F. The van der Waals surface area contributed by atoms with Gasteiger partial charge in [-0.1, -0.05) is 0 Å². The highest BCUT2D eigenvalue weighted by atomic mass is 19.4. The van der Waals surface area contributed by atoms with Crippen molar-refractivity contribution < 1.29 is 43.9 Å². The Morgan fingerprint density at radius 2 is 1.00 bits per heavy atom. The Kier molecular flexibility index (Phi) is 4.07. The van der Waals surface area contributed by atoms with Crippen molar-refractivity contribution in [1.82, 2.24) is 0 Å². The molecule has 0 heterocycles. The molecule has 0 unspecified atom stereocenters. The van der Waals surface area contributed by atoms with Crippen molar-refractivity contribution in [2.24, 2.45) is 5.41 Å². The molecule has 0 amide bonds. The molecule has 0 aliphatic rings. The standard InChI is InChI=1S/C8H6F10/c1-5(2,8(16,17)18)3(6(10,11)12)4(9)7(13,14)15/h1-2H3/b4-3+. The molecule has 0 N–H and O–H groups in total. The van der Waals surface area contributed by atoms with E-state index in [1.165, 1.54) is 0 Å². The Hall–Kier alpha value is -0.960. The molecule has 10 heteroatoms. The van der Waals surface area contributed by atoms with Crippen molar-refractivity contribution in [1.29, 1.82) is 0 Å². The third-order valence-electron chi connectivity index (χ3n) is 2.09. The first kappa shape index (κ1) is 17.0. The van der Waals surface area contributed by atoms with Gasteiger partial charge in [0, 0.05) is 0 Å². The van der Waals surface area contributed by atoms with Gasteiger partial charge in [0.2, 0.25) is 5.83 Å². The van der Waals surface area contributed by atoms with Crippen LogP contribution in [0.1, 0.15) is 13.8 Å². The average Bonchev–Trinajstić information content (AvgIpc) is 1.95. The predicted octanol–water partition coefficient (Wildman–Crippen LogP) is 4.92. The minimum Gasteiger partial charge on any atom is -0.201 e. The van der Waals surface area contributed by atoms with Crippen molar-refractivity contribution in [2.45, 2.75) is 32.4 Å². The monoisotopic (exact) mass is 292 g/mol. The van der Waals surface area contributed by atoms with Crippen LogP contribution < -0.4 is 0 Å². The molecular weight excluding hydrogens is 286 g/mol. The molecule has 0 rings (SSSR count). The van der Waals surface area contributed by atoms with E-state index in [1.807, 2.05) is 0 Å². The molecule has 0 radical (unpaired) electrons. The largest absolute Gasteiger partial charge is 0.443 e. The molecule has 0 atom stereocenters. The third-order valence-corrected chi connectivity index (χ3v) is 2.09. The lowest BCUT2D eigenvalue weighted by Crippen LogP contribution is -2.41. The van der Waals surface area contributed by atoms with Gasteiger partial charge < -0.3 is 0 Å². The second-order valence-electron chi connectivity index (χ2n) is 3.81. The first-order chi connectivity index (χ1) is 7.53. The summed E-state index contributed by atoms with van der Waals surface area (Å²) in [5.74, 6) is -3.79. The Labute approximate surface area is 94.3 Å². The van der Waals surface area contributed by atoms with E-state index in [2.05, 4.69) is 0 Å². The summed E-state index contributed by atoms with van der Waals surface area (Å²) in [5.41, 5.74) is -7.32. The highest BCUT2D eigenvalue weighted by Gasteiger charge is 2.61. The fourth-order valence-electron chi connectivity index (χ4n) is 1.04. The number of hydrogen-bond donors (Lipinski definition) is 0. The van der Waals surface area contributed by atoms with Crippen LogP contribution >= 0.6 is 0 Å². The van der Waals surface area contributed by atoms with Crippen LogP contribution in [0, 0.1) is 5.41 Å². The smallest absolute Gasteiger partial charge is 0.201 e. The van der Waals surface area contributed by atoms with Gasteiger partial charge in [0.15, 0.2) is 0 Å². The zero-order chi connectivity index (χ0) is 15.2. The molecule has 0 bridgehead atoms. The molecule has 0 saturated heterocycles. The zero-order valence-corrected chi connectivity index (χ0v) is 8.78. The summed E-state index contributed by atoms with van der Waals surface area (Å²) in [5, 5.41) is 0. The van der Waals surface area contributed by atoms with Crippen molar-refractivity contribution in [3.8, 4) is 0 Å². The van der Waals surface area contributed by atoms with Gasteiger partial charge in [0.1, 0.15) is 0 Å². The van der Waals surface area contributed by atoms with E-state index < -0.39 is 35.3 Å². The summed E-state index contributed by atoms with van der Waals surface area (Å²) in [7, 11) is 0. The molecule has 0 aromatic carbocycles. The van der Waals surface area contributed by atoms with Crippen LogP contribution in [0.25, 0.3) is 0 Å². The normalized spacial score (nSPS) is 16.7. The molecule has 0 nitrogen and oxygen atoms in total. The lowest BCUT2D eigenvalue weighted by molar-refractivity contribution is -0.223. The van der Waals surface area contributed by atoms with Crippen molar-refractivity contribution in [3.05, 3.63) is 11.4 Å². The van der Waals surface area contributed by atoms with Crippen LogP contribution in [0.3, 0.4) is 0 Å². The molecule has 0 aromatic rings. The molecule has 0 spiro atoms. The van der Waals surface area contributed by atoms with Crippen LogP contribution in [0.5, 0.6) is 0 Å². The zero-order valence-electron chi connectivity index (χ0n) is 8.78. The van der Waals surface area contributed by atoms with Gasteiger partial charge in [0.25, 0.3) is 0 Å². The maximum Gasteiger partial charge on any atom is 0.443 e. The van der Waals surface area contributed by atoms with E-state index in [1.54, 1.807) is 0 Å². The van der Waals surface area contributed by atoms with E-state index in [0.717, 1.165) is 0 Å². The van der Waals surface area contributed by atoms with Crippen molar-refractivity contribution >= 4 is 0 Å². The average molecular weight is 292 g/mol. The first-order valence-corrected chi connectivity index (χ1v) is 4.14. The summed E-state index contributed by atoms with van der Waals surface area (Å²) < 4.78 is 122. The fraction of sp³-hybridized carbons (Fsp3) is 0.750. The molecule has 0 saturated carbocycles. The Morgan fingerprint density at radius 1 is 0.667 bits per heavy atom. The maximum absolute atomic E-state index is 12.6. The second-order valence-corrected chi connectivity index (χ2v) is 3.81. The Bertz CT molecular complexity index is 336. The molecule has 0 aliphatic carbocycles.